The maximum Gasteiger partial charge on any atom is 0.0905 e. The standard InChI is InChI=1S/C12H24O3/c1-4-12(2,14-3)11(13)9-10-5-7-15-8-6-10/h10-11,13H,4-9H2,1-3H3. The Morgan fingerprint density at radius 3 is 2.53 bits per heavy atom. The Morgan fingerprint density at radius 1 is 1.47 bits per heavy atom. The van der Waals surface area contributed by atoms with Crippen LogP contribution in [0.5, 0.6) is 0 Å². The van der Waals surface area contributed by atoms with Gasteiger partial charge in [-0.05, 0) is 38.5 Å². The number of hydrogen-bond donors (Lipinski definition) is 1. The first-order valence-electron chi connectivity index (χ1n) is 5.93. The molecule has 15 heavy (non-hydrogen) atoms. The van der Waals surface area contributed by atoms with E-state index in [2.05, 4.69) is 6.92 Å². The normalized spacial score (nSPS) is 24.8. The van der Waals surface area contributed by atoms with Crippen molar-refractivity contribution in [3.63, 3.8) is 0 Å². The topological polar surface area (TPSA) is 38.7 Å². The van der Waals surface area contributed by atoms with Crippen molar-refractivity contribution in [2.45, 2.75) is 51.2 Å². The summed E-state index contributed by atoms with van der Waals surface area (Å²) in [6.07, 6.45) is 3.45. The predicted molar refractivity (Wildman–Crippen MR) is 59.9 cm³/mol. The molecule has 0 aliphatic carbocycles. The molecule has 0 bridgehead atoms. The van der Waals surface area contributed by atoms with E-state index < -0.39 is 5.60 Å². The number of methoxy groups -OCH3 is 1. The first-order chi connectivity index (χ1) is 7.12. The first-order valence-corrected chi connectivity index (χ1v) is 5.93. The summed E-state index contributed by atoms with van der Waals surface area (Å²) in [5, 5.41) is 10.2. The molecule has 0 radical (unpaired) electrons. The van der Waals surface area contributed by atoms with Gasteiger partial charge in [0, 0.05) is 20.3 Å². The Kier molecular flexibility index (Phi) is 5.03. The van der Waals surface area contributed by atoms with Crippen LogP contribution >= 0.6 is 0 Å². The van der Waals surface area contributed by atoms with E-state index >= 15 is 0 Å². The van der Waals surface area contributed by atoms with E-state index in [9.17, 15) is 5.11 Å². The van der Waals surface area contributed by atoms with Gasteiger partial charge in [-0.3, -0.25) is 0 Å². The van der Waals surface area contributed by atoms with Crippen LogP contribution in [0, 0.1) is 5.92 Å². The number of aliphatic hydroxyl groups is 1. The van der Waals surface area contributed by atoms with Gasteiger partial charge in [0.25, 0.3) is 0 Å². The van der Waals surface area contributed by atoms with Gasteiger partial charge in [-0.1, -0.05) is 6.92 Å². The summed E-state index contributed by atoms with van der Waals surface area (Å²) in [6, 6.07) is 0. The van der Waals surface area contributed by atoms with E-state index in [-0.39, 0.29) is 6.10 Å². The second-order valence-corrected chi connectivity index (χ2v) is 4.68. The third kappa shape index (κ3) is 3.44. The average molecular weight is 216 g/mol. The molecule has 1 N–H and O–H groups in total. The molecule has 1 aliphatic heterocycles. The van der Waals surface area contributed by atoms with E-state index in [0.29, 0.717) is 5.92 Å². The molecule has 2 atom stereocenters. The van der Waals surface area contributed by atoms with Gasteiger partial charge in [-0.2, -0.15) is 0 Å². The third-order valence-corrected chi connectivity index (χ3v) is 3.77. The van der Waals surface area contributed by atoms with Crippen molar-refractivity contribution in [2.75, 3.05) is 20.3 Å². The van der Waals surface area contributed by atoms with Crippen LogP contribution in [0.15, 0.2) is 0 Å². The van der Waals surface area contributed by atoms with Crippen LogP contribution in [0.3, 0.4) is 0 Å². The summed E-state index contributed by atoms with van der Waals surface area (Å²) < 4.78 is 10.7. The molecule has 3 nitrogen and oxygen atoms in total. The van der Waals surface area contributed by atoms with Crippen molar-refractivity contribution >= 4 is 0 Å². The molecule has 0 aromatic heterocycles. The summed E-state index contributed by atoms with van der Waals surface area (Å²) in [4.78, 5) is 0. The van der Waals surface area contributed by atoms with Crippen molar-refractivity contribution in [2.24, 2.45) is 5.92 Å². The van der Waals surface area contributed by atoms with Crippen LogP contribution in [0.1, 0.15) is 39.5 Å². The van der Waals surface area contributed by atoms with Crippen molar-refractivity contribution in [3.8, 4) is 0 Å². The molecule has 1 heterocycles. The molecule has 90 valence electrons. The van der Waals surface area contributed by atoms with Crippen molar-refractivity contribution < 1.29 is 14.6 Å². The highest BCUT2D eigenvalue weighted by atomic mass is 16.5. The monoisotopic (exact) mass is 216 g/mol. The Balaban J connectivity index is 2.41. The molecule has 0 amide bonds. The average Bonchev–Trinajstić information content (AvgIpc) is 2.29. The van der Waals surface area contributed by atoms with E-state index in [0.717, 1.165) is 38.9 Å². The van der Waals surface area contributed by atoms with Crippen molar-refractivity contribution in [1.82, 2.24) is 0 Å². The number of rotatable bonds is 5. The fourth-order valence-electron chi connectivity index (χ4n) is 2.06. The largest absolute Gasteiger partial charge is 0.390 e. The molecule has 0 saturated carbocycles. The Hall–Kier alpha value is -0.120. The van der Waals surface area contributed by atoms with Gasteiger partial charge in [0.05, 0.1) is 11.7 Å². The van der Waals surface area contributed by atoms with Crippen LogP contribution in [-0.2, 0) is 9.47 Å². The van der Waals surface area contributed by atoms with E-state index in [1.54, 1.807) is 7.11 Å². The SMILES string of the molecule is CCC(C)(OC)C(O)CC1CCOCC1. The van der Waals surface area contributed by atoms with Crippen LogP contribution < -0.4 is 0 Å². The summed E-state index contributed by atoms with van der Waals surface area (Å²) in [5.41, 5.74) is -0.391. The minimum Gasteiger partial charge on any atom is -0.390 e. The Morgan fingerprint density at radius 2 is 2.07 bits per heavy atom. The lowest BCUT2D eigenvalue weighted by atomic mass is 9.85. The third-order valence-electron chi connectivity index (χ3n) is 3.77. The quantitative estimate of drug-likeness (QED) is 0.763. The molecule has 1 rings (SSSR count). The van der Waals surface area contributed by atoms with Gasteiger partial charge in [0.2, 0.25) is 0 Å². The van der Waals surface area contributed by atoms with Gasteiger partial charge in [-0.25, -0.2) is 0 Å². The second kappa shape index (κ2) is 5.83. The van der Waals surface area contributed by atoms with Crippen LogP contribution in [0.4, 0.5) is 0 Å². The van der Waals surface area contributed by atoms with Crippen molar-refractivity contribution in [3.05, 3.63) is 0 Å². The lowest BCUT2D eigenvalue weighted by molar-refractivity contribution is -0.104. The summed E-state index contributed by atoms with van der Waals surface area (Å²) in [5.74, 6) is 0.592. The summed E-state index contributed by atoms with van der Waals surface area (Å²) in [7, 11) is 1.68. The molecule has 0 aromatic carbocycles. The molecule has 0 aromatic rings. The second-order valence-electron chi connectivity index (χ2n) is 4.68. The highest BCUT2D eigenvalue weighted by Gasteiger charge is 2.33. The maximum absolute atomic E-state index is 10.2. The lowest BCUT2D eigenvalue weighted by Gasteiger charge is -2.35. The zero-order valence-corrected chi connectivity index (χ0v) is 10.2. The molecule has 3 heteroatoms. The van der Waals surface area contributed by atoms with E-state index in [4.69, 9.17) is 9.47 Å². The summed E-state index contributed by atoms with van der Waals surface area (Å²) >= 11 is 0. The van der Waals surface area contributed by atoms with Gasteiger partial charge in [-0.15, -0.1) is 0 Å². The molecule has 1 fully saturated rings. The van der Waals surface area contributed by atoms with Crippen LogP contribution in [0.2, 0.25) is 0 Å². The number of aliphatic hydroxyl groups excluding tert-OH is 1. The van der Waals surface area contributed by atoms with Gasteiger partial charge in [0.15, 0.2) is 0 Å². The predicted octanol–water partition coefficient (Wildman–Crippen LogP) is 1.98. The molecule has 1 aliphatic rings. The minimum absolute atomic E-state index is 0.365. The van der Waals surface area contributed by atoms with Crippen molar-refractivity contribution in [1.29, 1.82) is 0 Å². The molecule has 0 spiro atoms. The number of hydrogen-bond acceptors (Lipinski definition) is 3. The fourth-order valence-corrected chi connectivity index (χ4v) is 2.06. The zero-order chi connectivity index (χ0) is 11.3. The number of ether oxygens (including phenoxy) is 2. The smallest absolute Gasteiger partial charge is 0.0905 e. The first kappa shape index (κ1) is 12.9. The van der Waals surface area contributed by atoms with Crippen LogP contribution in [-0.4, -0.2) is 37.1 Å². The summed E-state index contributed by atoms with van der Waals surface area (Å²) in [6.45, 7) is 5.72. The molecular weight excluding hydrogens is 192 g/mol. The maximum atomic E-state index is 10.2. The molecule has 2 unspecified atom stereocenters. The fraction of sp³-hybridized carbons (Fsp3) is 1.00. The zero-order valence-electron chi connectivity index (χ0n) is 10.2. The van der Waals surface area contributed by atoms with E-state index in [1.165, 1.54) is 0 Å². The van der Waals surface area contributed by atoms with E-state index in [1.807, 2.05) is 6.92 Å². The molecular formula is C12H24O3. The van der Waals surface area contributed by atoms with Gasteiger partial charge in [0.1, 0.15) is 0 Å². The van der Waals surface area contributed by atoms with Gasteiger partial charge < -0.3 is 14.6 Å². The highest BCUT2D eigenvalue weighted by Crippen LogP contribution is 2.28. The molecule has 1 saturated heterocycles. The Labute approximate surface area is 92.8 Å². The lowest BCUT2D eigenvalue weighted by Crippen LogP contribution is -2.42. The Bertz CT molecular complexity index is 172. The minimum atomic E-state index is -0.391. The highest BCUT2D eigenvalue weighted by molar-refractivity contribution is 4.84. The van der Waals surface area contributed by atoms with Crippen LogP contribution in [0.25, 0.3) is 0 Å². The van der Waals surface area contributed by atoms with Gasteiger partial charge >= 0.3 is 0 Å².